The number of nitro benzene ring substituents is 1. The molecule has 0 atom stereocenters. The van der Waals surface area contributed by atoms with Gasteiger partial charge in [-0.25, -0.2) is 0 Å². The van der Waals surface area contributed by atoms with Crippen molar-refractivity contribution in [3.63, 3.8) is 0 Å². The Hall–Kier alpha value is -3.57. The predicted octanol–water partition coefficient (Wildman–Crippen LogP) is 4.53. The van der Waals surface area contributed by atoms with Crippen LogP contribution >= 0.6 is 23.4 Å². The van der Waals surface area contributed by atoms with Crippen molar-refractivity contribution in [1.82, 2.24) is 14.8 Å². The highest BCUT2D eigenvalue weighted by Gasteiger charge is 2.18. The van der Waals surface area contributed by atoms with Crippen LogP contribution in [0.3, 0.4) is 0 Å². The number of nitrogens with one attached hydrogen (secondary N) is 1. The van der Waals surface area contributed by atoms with Gasteiger partial charge in [-0.05, 0) is 18.2 Å². The van der Waals surface area contributed by atoms with Crippen LogP contribution in [0.1, 0.15) is 0 Å². The van der Waals surface area contributed by atoms with E-state index >= 15 is 0 Å². The Kier molecular flexibility index (Phi) is 6.01. The number of methoxy groups -OCH3 is 1. The lowest BCUT2D eigenvalue weighted by Crippen LogP contribution is -2.15. The average Bonchev–Trinajstić information content (AvgIpc) is 3.36. The summed E-state index contributed by atoms with van der Waals surface area (Å²) in [5.74, 6) is 1.23. The molecule has 2 aromatic heterocycles. The molecular formula is C20H16ClN5O5S. The lowest BCUT2D eigenvalue weighted by molar-refractivity contribution is -0.384. The summed E-state index contributed by atoms with van der Waals surface area (Å²) in [5, 5.41) is 23.4. The lowest BCUT2D eigenvalue weighted by Gasteiger charge is -2.07. The number of benzene rings is 2. The number of rotatable bonds is 7. The molecule has 0 aliphatic rings. The van der Waals surface area contributed by atoms with E-state index in [0.29, 0.717) is 28.1 Å². The lowest BCUT2D eigenvalue weighted by atomic mass is 10.2. The molecule has 0 unspecified atom stereocenters. The highest BCUT2D eigenvalue weighted by molar-refractivity contribution is 7.99. The van der Waals surface area contributed by atoms with Crippen molar-refractivity contribution in [3.8, 4) is 17.3 Å². The molecule has 0 radical (unpaired) electrons. The van der Waals surface area contributed by atoms with Crippen LogP contribution in [0, 0.1) is 10.1 Å². The van der Waals surface area contributed by atoms with Crippen molar-refractivity contribution in [3.05, 3.63) is 57.6 Å². The summed E-state index contributed by atoms with van der Waals surface area (Å²) >= 11 is 7.18. The number of fused-ring (bicyclic) bond motifs is 1. The molecule has 1 amide bonds. The normalized spacial score (nSPS) is 11.0. The van der Waals surface area contributed by atoms with E-state index in [-0.39, 0.29) is 22.2 Å². The first-order valence-electron chi connectivity index (χ1n) is 9.20. The van der Waals surface area contributed by atoms with Gasteiger partial charge in [0, 0.05) is 24.6 Å². The van der Waals surface area contributed by atoms with Crippen LogP contribution in [0.5, 0.6) is 5.75 Å². The molecule has 2 heterocycles. The highest BCUT2D eigenvalue weighted by Crippen LogP contribution is 2.33. The highest BCUT2D eigenvalue weighted by atomic mass is 35.5. The maximum Gasteiger partial charge on any atom is 0.271 e. The second-order valence-corrected chi connectivity index (χ2v) is 7.96. The average molecular weight is 474 g/mol. The van der Waals surface area contributed by atoms with Gasteiger partial charge in [-0.3, -0.25) is 14.9 Å². The van der Waals surface area contributed by atoms with Crippen molar-refractivity contribution < 1.29 is 18.9 Å². The van der Waals surface area contributed by atoms with Gasteiger partial charge in [0.05, 0.1) is 28.5 Å². The van der Waals surface area contributed by atoms with Crippen molar-refractivity contribution in [1.29, 1.82) is 0 Å². The summed E-state index contributed by atoms with van der Waals surface area (Å²) in [5.41, 5.74) is 0.606. The number of para-hydroxylation sites is 1. The second kappa shape index (κ2) is 8.89. The summed E-state index contributed by atoms with van der Waals surface area (Å²) in [7, 11) is 3.33. The van der Waals surface area contributed by atoms with Crippen molar-refractivity contribution >= 4 is 51.6 Å². The zero-order valence-electron chi connectivity index (χ0n) is 16.9. The number of carbonyl (C=O) groups is 1. The van der Waals surface area contributed by atoms with Gasteiger partial charge in [-0.1, -0.05) is 35.5 Å². The van der Waals surface area contributed by atoms with Crippen LogP contribution in [0.25, 0.3) is 22.6 Å². The zero-order chi connectivity index (χ0) is 22.8. The van der Waals surface area contributed by atoms with Crippen LogP contribution in [0.4, 0.5) is 11.4 Å². The molecule has 0 aliphatic heterocycles. The van der Waals surface area contributed by atoms with E-state index in [1.807, 2.05) is 18.2 Å². The Balaban J connectivity index is 1.47. The number of aromatic nitrogens is 3. The maximum absolute atomic E-state index is 12.3. The molecule has 4 rings (SSSR count). The number of carbonyl (C=O) groups excluding carboxylic acids is 1. The number of thioether (sulfide) groups is 1. The number of nitro groups is 1. The van der Waals surface area contributed by atoms with Crippen molar-refractivity contribution in [2.75, 3.05) is 18.2 Å². The van der Waals surface area contributed by atoms with Crippen LogP contribution in [0.2, 0.25) is 5.02 Å². The Morgan fingerprint density at radius 1 is 1.31 bits per heavy atom. The number of anilines is 1. The molecule has 0 bridgehead atoms. The van der Waals surface area contributed by atoms with Gasteiger partial charge in [0.15, 0.2) is 28.1 Å². The fourth-order valence-corrected chi connectivity index (χ4v) is 3.88. The fourth-order valence-electron chi connectivity index (χ4n) is 3.00. The standard InChI is InChI=1S/C20H16ClN5O5S/c1-25-19(16-8-11-4-3-5-15(30-2)18(11)31-16)23-24-20(25)32-10-17(27)22-14-9-12(26(28)29)6-7-13(14)21/h3-9H,10H2,1-2H3,(H,22,27). The SMILES string of the molecule is COc1cccc2cc(-c3nnc(SCC(=O)Nc4cc([N+](=O)[O-])ccc4Cl)n3C)oc12. The topological polar surface area (TPSA) is 125 Å². The number of hydrogen-bond acceptors (Lipinski definition) is 8. The first-order chi connectivity index (χ1) is 15.4. The summed E-state index contributed by atoms with van der Waals surface area (Å²) in [6.07, 6.45) is 0. The largest absolute Gasteiger partial charge is 0.493 e. The fraction of sp³-hybridized carbons (Fsp3) is 0.150. The Morgan fingerprint density at radius 3 is 2.88 bits per heavy atom. The quantitative estimate of drug-likeness (QED) is 0.236. The molecule has 0 saturated heterocycles. The van der Waals surface area contributed by atoms with E-state index in [4.69, 9.17) is 20.8 Å². The van der Waals surface area contributed by atoms with Gasteiger partial charge in [0.1, 0.15) is 0 Å². The van der Waals surface area contributed by atoms with Crippen LogP contribution in [-0.4, -0.2) is 38.5 Å². The van der Waals surface area contributed by atoms with Crippen LogP contribution in [-0.2, 0) is 11.8 Å². The first kappa shape index (κ1) is 21.7. The Labute approximate surface area is 190 Å². The number of halogens is 1. The number of nitrogens with zero attached hydrogens (tertiary/aromatic N) is 4. The Morgan fingerprint density at radius 2 is 2.12 bits per heavy atom. The van der Waals surface area contributed by atoms with E-state index in [1.165, 1.54) is 18.2 Å². The summed E-state index contributed by atoms with van der Waals surface area (Å²) in [4.78, 5) is 22.7. The van der Waals surface area contributed by atoms with Gasteiger partial charge in [0.25, 0.3) is 5.69 Å². The minimum atomic E-state index is -0.560. The van der Waals surface area contributed by atoms with E-state index in [2.05, 4.69) is 15.5 Å². The van der Waals surface area contributed by atoms with E-state index in [1.54, 1.807) is 24.8 Å². The molecule has 164 valence electrons. The van der Waals surface area contributed by atoms with Crippen LogP contribution in [0.15, 0.2) is 52.0 Å². The molecule has 0 spiro atoms. The maximum atomic E-state index is 12.3. The Bertz CT molecular complexity index is 1340. The molecule has 4 aromatic rings. The third-order valence-electron chi connectivity index (χ3n) is 4.55. The van der Waals surface area contributed by atoms with Gasteiger partial charge in [0.2, 0.25) is 5.91 Å². The molecule has 2 aromatic carbocycles. The van der Waals surface area contributed by atoms with Gasteiger partial charge < -0.3 is 19.0 Å². The molecule has 12 heteroatoms. The number of non-ortho nitro benzene ring substituents is 1. The van der Waals surface area contributed by atoms with E-state index in [0.717, 1.165) is 17.1 Å². The predicted molar refractivity (Wildman–Crippen MR) is 120 cm³/mol. The molecule has 1 N–H and O–H groups in total. The molecule has 0 fully saturated rings. The van der Waals surface area contributed by atoms with E-state index < -0.39 is 10.8 Å². The summed E-state index contributed by atoms with van der Waals surface area (Å²) in [6, 6.07) is 11.3. The number of furan rings is 1. The number of hydrogen-bond donors (Lipinski definition) is 1. The van der Waals surface area contributed by atoms with Gasteiger partial charge in [-0.2, -0.15) is 0 Å². The second-order valence-electron chi connectivity index (χ2n) is 6.61. The molecule has 0 saturated carbocycles. The van der Waals surface area contributed by atoms with Crippen molar-refractivity contribution in [2.24, 2.45) is 7.05 Å². The monoisotopic (exact) mass is 473 g/mol. The third kappa shape index (κ3) is 4.25. The summed E-state index contributed by atoms with van der Waals surface area (Å²) < 4.78 is 12.9. The zero-order valence-corrected chi connectivity index (χ0v) is 18.4. The molecule has 0 aliphatic carbocycles. The minimum absolute atomic E-state index is 0.00104. The number of ether oxygens (including phenoxy) is 1. The van der Waals surface area contributed by atoms with E-state index in [9.17, 15) is 14.9 Å². The minimum Gasteiger partial charge on any atom is -0.493 e. The van der Waals surface area contributed by atoms with Gasteiger partial charge >= 0.3 is 0 Å². The van der Waals surface area contributed by atoms with Crippen molar-refractivity contribution in [2.45, 2.75) is 5.16 Å². The van der Waals surface area contributed by atoms with Gasteiger partial charge in [-0.15, -0.1) is 10.2 Å². The molecular weight excluding hydrogens is 458 g/mol. The first-order valence-corrected chi connectivity index (χ1v) is 10.6. The summed E-state index contributed by atoms with van der Waals surface area (Å²) in [6.45, 7) is 0. The molecule has 10 nitrogen and oxygen atoms in total. The smallest absolute Gasteiger partial charge is 0.271 e. The third-order valence-corrected chi connectivity index (χ3v) is 5.90. The molecule has 32 heavy (non-hydrogen) atoms. The number of amides is 1. The van der Waals surface area contributed by atoms with Crippen LogP contribution < -0.4 is 10.1 Å².